The van der Waals surface area contributed by atoms with Gasteiger partial charge >= 0.3 is 6.18 Å². The fourth-order valence-electron chi connectivity index (χ4n) is 3.71. The summed E-state index contributed by atoms with van der Waals surface area (Å²) in [4.78, 5) is 16.1. The lowest BCUT2D eigenvalue weighted by molar-refractivity contribution is -0.137. The van der Waals surface area contributed by atoms with Gasteiger partial charge in [0.15, 0.2) is 0 Å². The summed E-state index contributed by atoms with van der Waals surface area (Å²) in [7, 11) is 1.46. The molecule has 1 amide bonds. The van der Waals surface area contributed by atoms with Crippen LogP contribution < -0.4 is 16.0 Å². The topological polar surface area (TPSA) is 66.0 Å². The molecule has 0 aliphatic heterocycles. The molecule has 164 valence electrons. The van der Waals surface area contributed by atoms with Gasteiger partial charge in [0.1, 0.15) is 5.82 Å². The number of amides is 1. The van der Waals surface area contributed by atoms with Crippen molar-refractivity contribution in [2.75, 3.05) is 17.7 Å². The van der Waals surface area contributed by atoms with Gasteiger partial charge in [-0.25, -0.2) is 4.98 Å². The van der Waals surface area contributed by atoms with Crippen LogP contribution in [0.3, 0.4) is 0 Å². The lowest BCUT2D eigenvalue weighted by Crippen LogP contribution is -2.19. The van der Waals surface area contributed by atoms with Gasteiger partial charge in [0, 0.05) is 25.0 Å². The minimum absolute atomic E-state index is 0.208. The zero-order chi connectivity index (χ0) is 22.9. The Morgan fingerprint density at radius 2 is 1.75 bits per heavy atom. The van der Waals surface area contributed by atoms with Crippen molar-refractivity contribution in [2.45, 2.75) is 19.0 Å². The van der Waals surface area contributed by atoms with E-state index in [-0.39, 0.29) is 22.8 Å². The fraction of sp³-hybridized carbons (Fsp3) is 0.167. The Morgan fingerprint density at radius 1 is 1.00 bits per heavy atom. The van der Waals surface area contributed by atoms with Crippen molar-refractivity contribution < 1.29 is 18.0 Å². The third-order valence-corrected chi connectivity index (χ3v) is 5.24. The summed E-state index contributed by atoms with van der Waals surface area (Å²) in [6.07, 6.45) is -2.21. The van der Waals surface area contributed by atoms with Crippen molar-refractivity contribution in [1.82, 2.24) is 10.3 Å². The third-order valence-electron chi connectivity index (χ3n) is 5.24. The van der Waals surface area contributed by atoms with Crippen LogP contribution in [-0.4, -0.2) is 17.9 Å². The van der Waals surface area contributed by atoms with Crippen molar-refractivity contribution in [1.29, 1.82) is 0 Å². The minimum Gasteiger partial charge on any atom is -0.355 e. The van der Waals surface area contributed by atoms with E-state index in [2.05, 4.69) is 27.5 Å². The maximum absolute atomic E-state index is 13.6. The fourth-order valence-corrected chi connectivity index (χ4v) is 3.71. The molecule has 0 saturated carbocycles. The van der Waals surface area contributed by atoms with Gasteiger partial charge in [0.2, 0.25) is 0 Å². The highest BCUT2D eigenvalue weighted by Crippen LogP contribution is 2.38. The van der Waals surface area contributed by atoms with Crippen molar-refractivity contribution in [3.05, 3.63) is 89.1 Å². The number of nitrogens with one attached hydrogen (secondary N) is 3. The molecule has 4 rings (SSSR count). The predicted molar refractivity (Wildman–Crippen MR) is 119 cm³/mol. The molecule has 8 heteroatoms. The van der Waals surface area contributed by atoms with Crippen LogP contribution in [0.4, 0.5) is 36.1 Å². The van der Waals surface area contributed by atoms with E-state index in [1.807, 2.05) is 18.2 Å². The largest absolute Gasteiger partial charge is 0.419 e. The molecule has 0 radical (unpaired) electrons. The van der Waals surface area contributed by atoms with Gasteiger partial charge in [0.05, 0.1) is 22.5 Å². The molecule has 1 aliphatic rings. The second-order valence-electron chi connectivity index (χ2n) is 7.57. The van der Waals surface area contributed by atoms with E-state index in [4.69, 9.17) is 0 Å². The number of carbonyl (C=O) groups is 1. The molecule has 0 bridgehead atoms. The number of fused-ring (bicyclic) bond motifs is 1. The Balaban J connectivity index is 1.68. The Labute approximate surface area is 183 Å². The van der Waals surface area contributed by atoms with Crippen LogP contribution in [0, 0.1) is 0 Å². The van der Waals surface area contributed by atoms with E-state index in [0.29, 0.717) is 0 Å². The molecule has 3 aromatic rings. The summed E-state index contributed by atoms with van der Waals surface area (Å²) in [5, 5.41) is 8.33. The first-order valence-electron chi connectivity index (χ1n) is 9.95. The number of halogens is 3. The molecule has 32 heavy (non-hydrogen) atoms. The number of hydrogen-bond acceptors (Lipinski definition) is 4. The Morgan fingerprint density at radius 3 is 2.50 bits per heavy atom. The zero-order valence-electron chi connectivity index (χ0n) is 17.3. The number of rotatable bonds is 5. The van der Waals surface area contributed by atoms with Gasteiger partial charge in [-0.2, -0.15) is 13.2 Å². The first-order chi connectivity index (χ1) is 15.2. The number of anilines is 4. The molecule has 5 nitrogen and oxygen atoms in total. The van der Waals surface area contributed by atoms with E-state index >= 15 is 0 Å². The van der Waals surface area contributed by atoms with Crippen molar-refractivity contribution in [3.63, 3.8) is 0 Å². The maximum Gasteiger partial charge on any atom is 0.419 e. The number of pyridine rings is 1. The molecule has 0 saturated heterocycles. The number of allylic oxidation sites excluding steroid dienone is 1. The van der Waals surface area contributed by atoms with Crippen LogP contribution in [0.25, 0.3) is 0 Å². The summed E-state index contributed by atoms with van der Waals surface area (Å²) in [5.74, 6) is -0.163. The summed E-state index contributed by atoms with van der Waals surface area (Å²) >= 11 is 0. The molecular weight excluding hydrogens is 417 g/mol. The van der Waals surface area contributed by atoms with Gasteiger partial charge in [-0.1, -0.05) is 30.4 Å². The van der Waals surface area contributed by atoms with Gasteiger partial charge in [-0.3, -0.25) is 4.79 Å². The summed E-state index contributed by atoms with van der Waals surface area (Å²) in [5.41, 5.74) is 3.55. The monoisotopic (exact) mass is 438 g/mol. The number of para-hydroxylation sites is 1. The van der Waals surface area contributed by atoms with E-state index in [0.717, 1.165) is 35.9 Å². The molecule has 1 heterocycles. The molecule has 2 aromatic carbocycles. The third kappa shape index (κ3) is 4.44. The number of hydrogen-bond donors (Lipinski definition) is 3. The number of benzene rings is 2. The summed E-state index contributed by atoms with van der Waals surface area (Å²) < 4.78 is 40.9. The smallest absolute Gasteiger partial charge is 0.355 e. The normalized spacial score (nSPS) is 12.9. The standard InChI is InChI=1S/C24H21F3N4O/c1-14-9-15-7-8-17(11-16(15)10-14)30-22-12-21(19(13-29-22)24(25,26)27)31-20-6-4-3-5-18(20)23(32)28-2/h3-8,11-13H,1,9-10H2,2H3,(H,28,32)(H2,29,30,31). The quantitative estimate of drug-likeness (QED) is 0.454. The van der Waals surface area contributed by atoms with Crippen LogP contribution in [0.15, 0.2) is 66.9 Å². The van der Waals surface area contributed by atoms with Gasteiger partial charge in [-0.05, 0) is 48.2 Å². The number of alkyl halides is 3. The van der Waals surface area contributed by atoms with Crippen LogP contribution in [0.1, 0.15) is 27.0 Å². The number of aromatic nitrogens is 1. The molecule has 0 atom stereocenters. The minimum atomic E-state index is -4.62. The highest BCUT2D eigenvalue weighted by atomic mass is 19.4. The van der Waals surface area contributed by atoms with Crippen LogP contribution in [-0.2, 0) is 19.0 Å². The van der Waals surface area contributed by atoms with Crippen molar-refractivity contribution in [3.8, 4) is 0 Å². The van der Waals surface area contributed by atoms with Gasteiger partial charge < -0.3 is 16.0 Å². The Bertz CT molecular complexity index is 1200. The molecule has 0 unspecified atom stereocenters. The number of carbonyl (C=O) groups excluding carboxylic acids is 1. The lowest BCUT2D eigenvalue weighted by Gasteiger charge is -2.17. The molecule has 0 spiro atoms. The summed E-state index contributed by atoms with van der Waals surface area (Å²) in [6.45, 7) is 4.02. The van der Waals surface area contributed by atoms with Crippen LogP contribution in [0.2, 0.25) is 0 Å². The SMILES string of the molecule is C=C1Cc2ccc(Nc3cc(Nc4ccccc4C(=O)NC)c(C(F)(F)F)cn3)cc2C1. The zero-order valence-corrected chi connectivity index (χ0v) is 17.3. The highest BCUT2D eigenvalue weighted by molar-refractivity contribution is 6.00. The summed E-state index contributed by atoms with van der Waals surface area (Å²) in [6, 6.07) is 13.5. The van der Waals surface area contributed by atoms with Gasteiger partial charge in [-0.15, -0.1) is 0 Å². The second kappa shape index (κ2) is 8.37. The lowest BCUT2D eigenvalue weighted by atomic mass is 10.1. The van der Waals surface area contributed by atoms with Crippen molar-refractivity contribution in [2.24, 2.45) is 0 Å². The average Bonchev–Trinajstić information content (AvgIpc) is 3.12. The van der Waals surface area contributed by atoms with E-state index in [1.54, 1.807) is 18.2 Å². The molecule has 0 fully saturated rings. The molecule has 1 aliphatic carbocycles. The number of nitrogens with zero attached hydrogens (tertiary/aromatic N) is 1. The molecule has 3 N–H and O–H groups in total. The average molecular weight is 438 g/mol. The highest BCUT2D eigenvalue weighted by Gasteiger charge is 2.34. The molecular formula is C24H21F3N4O. The first-order valence-corrected chi connectivity index (χ1v) is 9.95. The Hall–Kier alpha value is -3.81. The Kier molecular flexibility index (Phi) is 5.61. The first kappa shape index (κ1) is 21.4. The van der Waals surface area contributed by atoms with Crippen LogP contribution in [0.5, 0.6) is 0 Å². The molecule has 1 aromatic heterocycles. The van der Waals surface area contributed by atoms with Crippen LogP contribution >= 0.6 is 0 Å². The second-order valence-corrected chi connectivity index (χ2v) is 7.57. The van der Waals surface area contributed by atoms with Crippen molar-refractivity contribution >= 4 is 28.8 Å². The van der Waals surface area contributed by atoms with E-state index in [9.17, 15) is 18.0 Å². The van der Waals surface area contributed by atoms with E-state index in [1.165, 1.54) is 24.7 Å². The van der Waals surface area contributed by atoms with Gasteiger partial charge in [0.25, 0.3) is 5.91 Å². The predicted octanol–water partition coefficient (Wildman–Crippen LogP) is 5.60. The van der Waals surface area contributed by atoms with E-state index < -0.39 is 17.6 Å². The maximum atomic E-state index is 13.6.